The third-order valence-electron chi connectivity index (χ3n) is 2.63. The Morgan fingerprint density at radius 1 is 0.952 bits per heavy atom. The summed E-state index contributed by atoms with van der Waals surface area (Å²) in [5.41, 5.74) is 1.68. The Hall–Kier alpha value is -1.37. The van der Waals surface area contributed by atoms with Gasteiger partial charge in [0.25, 0.3) is 0 Å². The van der Waals surface area contributed by atoms with E-state index in [1.165, 1.54) is 0 Å². The van der Waals surface area contributed by atoms with Gasteiger partial charge in [0, 0.05) is 21.8 Å². The number of anilines is 1. The standard InChI is InChI=1S/C15H8Cl4N2/c16-10-1-2-15(14(19)6-10)21-4-3-12-9(8-20)5-11(17)7-13(12)18/h1-7,21H. The maximum Gasteiger partial charge on any atom is 0.0999 e. The summed E-state index contributed by atoms with van der Waals surface area (Å²) in [6.07, 6.45) is 3.33. The maximum absolute atomic E-state index is 9.10. The second kappa shape index (κ2) is 7.06. The van der Waals surface area contributed by atoms with Crippen LogP contribution in [0.5, 0.6) is 0 Å². The van der Waals surface area contributed by atoms with Crippen molar-refractivity contribution < 1.29 is 0 Å². The minimum atomic E-state index is 0.396. The summed E-state index contributed by atoms with van der Waals surface area (Å²) in [6, 6.07) is 10.3. The molecular weight excluding hydrogens is 350 g/mol. The first-order valence-electron chi connectivity index (χ1n) is 5.78. The molecule has 2 nitrogen and oxygen atoms in total. The zero-order valence-corrected chi connectivity index (χ0v) is 13.5. The molecule has 6 heteroatoms. The third-order valence-corrected chi connectivity index (χ3v) is 3.71. The molecule has 21 heavy (non-hydrogen) atoms. The molecule has 0 aliphatic rings. The highest BCUT2D eigenvalue weighted by Crippen LogP contribution is 2.28. The number of nitriles is 1. The summed E-state index contributed by atoms with van der Waals surface area (Å²) in [4.78, 5) is 0. The fourth-order valence-corrected chi connectivity index (χ4v) is 2.69. The summed E-state index contributed by atoms with van der Waals surface area (Å²) in [7, 11) is 0. The van der Waals surface area contributed by atoms with Crippen molar-refractivity contribution >= 4 is 58.2 Å². The van der Waals surface area contributed by atoms with Gasteiger partial charge in [-0.25, -0.2) is 0 Å². The molecule has 0 aliphatic heterocycles. The minimum absolute atomic E-state index is 0.396. The second-order valence-electron chi connectivity index (χ2n) is 4.06. The van der Waals surface area contributed by atoms with Crippen molar-refractivity contribution in [3.63, 3.8) is 0 Å². The van der Waals surface area contributed by atoms with Crippen LogP contribution in [0.15, 0.2) is 36.5 Å². The summed E-state index contributed by atoms with van der Waals surface area (Å²) in [5, 5.41) is 14.0. The molecule has 0 aromatic heterocycles. The van der Waals surface area contributed by atoms with E-state index in [0.717, 1.165) is 0 Å². The highest BCUT2D eigenvalue weighted by atomic mass is 35.5. The number of halogens is 4. The molecule has 1 N–H and O–H groups in total. The summed E-state index contributed by atoms with van der Waals surface area (Å²) < 4.78 is 0. The van der Waals surface area contributed by atoms with Crippen molar-refractivity contribution in [3.8, 4) is 6.07 Å². The van der Waals surface area contributed by atoms with Crippen molar-refractivity contribution in [1.82, 2.24) is 0 Å². The van der Waals surface area contributed by atoms with E-state index in [-0.39, 0.29) is 0 Å². The molecule has 2 rings (SSSR count). The average molecular weight is 358 g/mol. The quantitative estimate of drug-likeness (QED) is 0.704. The number of hydrogen-bond donors (Lipinski definition) is 1. The Labute approximate surface area is 142 Å². The molecule has 2 aromatic carbocycles. The summed E-state index contributed by atoms with van der Waals surface area (Å²) in [5.74, 6) is 0. The van der Waals surface area contributed by atoms with E-state index in [1.54, 1.807) is 42.6 Å². The van der Waals surface area contributed by atoms with Gasteiger partial charge in [0.2, 0.25) is 0 Å². The fraction of sp³-hybridized carbons (Fsp3) is 0. The van der Waals surface area contributed by atoms with Crippen LogP contribution in [-0.4, -0.2) is 0 Å². The molecule has 0 fully saturated rings. The first-order valence-corrected chi connectivity index (χ1v) is 7.29. The normalized spacial score (nSPS) is 10.6. The highest BCUT2D eigenvalue weighted by molar-refractivity contribution is 6.36. The lowest BCUT2D eigenvalue weighted by Crippen LogP contribution is -1.90. The largest absolute Gasteiger partial charge is 0.360 e. The minimum Gasteiger partial charge on any atom is -0.360 e. The topological polar surface area (TPSA) is 35.8 Å². The van der Waals surface area contributed by atoms with Crippen molar-refractivity contribution in [2.45, 2.75) is 0 Å². The van der Waals surface area contributed by atoms with Gasteiger partial charge < -0.3 is 5.32 Å². The lowest BCUT2D eigenvalue weighted by molar-refractivity contribution is 1.47. The van der Waals surface area contributed by atoms with E-state index in [9.17, 15) is 0 Å². The summed E-state index contributed by atoms with van der Waals surface area (Å²) >= 11 is 23.8. The van der Waals surface area contributed by atoms with E-state index in [1.807, 2.05) is 0 Å². The Morgan fingerprint density at radius 3 is 2.33 bits per heavy atom. The Kier molecular flexibility index (Phi) is 5.39. The van der Waals surface area contributed by atoms with Crippen LogP contribution in [0.3, 0.4) is 0 Å². The number of rotatable bonds is 3. The van der Waals surface area contributed by atoms with Crippen molar-refractivity contribution in [2.24, 2.45) is 0 Å². The van der Waals surface area contributed by atoms with Crippen LogP contribution in [0.25, 0.3) is 6.08 Å². The number of hydrogen-bond acceptors (Lipinski definition) is 2. The Morgan fingerprint density at radius 2 is 1.67 bits per heavy atom. The molecule has 0 amide bonds. The lowest BCUT2D eigenvalue weighted by Gasteiger charge is -2.05. The van der Waals surface area contributed by atoms with Gasteiger partial charge in [-0.05, 0) is 36.4 Å². The molecule has 0 spiro atoms. The van der Waals surface area contributed by atoms with Gasteiger partial charge in [-0.1, -0.05) is 46.4 Å². The highest BCUT2D eigenvalue weighted by Gasteiger charge is 2.06. The van der Waals surface area contributed by atoms with Crippen LogP contribution in [0.4, 0.5) is 5.69 Å². The fourth-order valence-electron chi connectivity index (χ4n) is 1.67. The maximum atomic E-state index is 9.10. The van der Waals surface area contributed by atoms with Gasteiger partial charge in [-0.3, -0.25) is 0 Å². The number of benzene rings is 2. The monoisotopic (exact) mass is 356 g/mol. The molecular formula is C15H8Cl4N2. The smallest absolute Gasteiger partial charge is 0.0999 e. The van der Waals surface area contributed by atoms with E-state index in [4.69, 9.17) is 51.7 Å². The van der Waals surface area contributed by atoms with E-state index in [2.05, 4.69) is 11.4 Å². The molecule has 2 aromatic rings. The molecule has 106 valence electrons. The van der Waals surface area contributed by atoms with Gasteiger partial charge in [-0.15, -0.1) is 0 Å². The molecule has 0 heterocycles. The molecule has 0 bridgehead atoms. The second-order valence-corrected chi connectivity index (χ2v) is 5.75. The van der Waals surface area contributed by atoms with Crippen LogP contribution >= 0.6 is 46.4 Å². The predicted octanol–water partition coefficient (Wildman–Crippen LogP) is 6.25. The van der Waals surface area contributed by atoms with Crippen LogP contribution in [0, 0.1) is 11.3 Å². The molecule has 0 unspecified atom stereocenters. The van der Waals surface area contributed by atoms with Crippen molar-refractivity contribution in [3.05, 3.63) is 67.7 Å². The van der Waals surface area contributed by atoms with Crippen LogP contribution < -0.4 is 5.32 Å². The van der Waals surface area contributed by atoms with Crippen LogP contribution in [0.2, 0.25) is 20.1 Å². The van der Waals surface area contributed by atoms with Gasteiger partial charge in [0.05, 0.1) is 27.4 Å². The van der Waals surface area contributed by atoms with E-state index >= 15 is 0 Å². The van der Waals surface area contributed by atoms with Gasteiger partial charge >= 0.3 is 0 Å². The molecule has 0 saturated carbocycles. The summed E-state index contributed by atoms with van der Waals surface area (Å²) in [6.45, 7) is 0. The van der Waals surface area contributed by atoms with Crippen LogP contribution in [0.1, 0.15) is 11.1 Å². The zero-order chi connectivity index (χ0) is 15.4. The first kappa shape index (κ1) is 16.0. The third kappa shape index (κ3) is 4.06. The van der Waals surface area contributed by atoms with Gasteiger partial charge in [-0.2, -0.15) is 5.26 Å². The van der Waals surface area contributed by atoms with Gasteiger partial charge in [0.1, 0.15) is 0 Å². The molecule has 0 aliphatic carbocycles. The molecule has 0 saturated heterocycles. The zero-order valence-electron chi connectivity index (χ0n) is 10.5. The Bertz CT molecular complexity index is 748. The molecule has 0 atom stereocenters. The first-order chi connectivity index (χ1) is 10.0. The van der Waals surface area contributed by atoms with Gasteiger partial charge in [0.15, 0.2) is 0 Å². The van der Waals surface area contributed by atoms with E-state index < -0.39 is 0 Å². The Balaban J connectivity index is 2.24. The average Bonchev–Trinajstić information content (AvgIpc) is 2.42. The van der Waals surface area contributed by atoms with E-state index in [0.29, 0.717) is 36.9 Å². The number of nitrogens with one attached hydrogen (secondary N) is 1. The van der Waals surface area contributed by atoms with Crippen LogP contribution in [-0.2, 0) is 0 Å². The van der Waals surface area contributed by atoms with Crippen molar-refractivity contribution in [2.75, 3.05) is 5.32 Å². The molecule has 0 radical (unpaired) electrons. The predicted molar refractivity (Wildman–Crippen MR) is 90.3 cm³/mol. The lowest BCUT2D eigenvalue weighted by atomic mass is 10.1. The number of nitrogens with zero attached hydrogens (tertiary/aromatic N) is 1. The van der Waals surface area contributed by atoms with Crippen molar-refractivity contribution in [1.29, 1.82) is 5.26 Å². The SMILES string of the molecule is N#Cc1cc(Cl)cc(Cl)c1C=CNc1ccc(Cl)cc1Cl.